The molecule has 74 heavy (non-hydrogen) atoms. The summed E-state index contributed by atoms with van der Waals surface area (Å²) in [6, 6.07) is 23.2. The van der Waals surface area contributed by atoms with Gasteiger partial charge in [0.1, 0.15) is 11.5 Å². The summed E-state index contributed by atoms with van der Waals surface area (Å²) in [4.78, 5) is 59.0. The van der Waals surface area contributed by atoms with Crippen molar-refractivity contribution in [2.45, 2.75) is 107 Å². The number of likely N-dealkylation sites (tertiary alicyclic amines) is 2. The first-order chi connectivity index (χ1) is 35.1. The Kier molecular flexibility index (Phi) is 14.9. The van der Waals surface area contributed by atoms with E-state index in [-0.39, 0.29) is 47.7 Å². The molecule has 9 rings (SSSR count). The van der Waals surface area contributed by atoms with E-state index in [1.807, 2.05) is 29.2 Å². The highest BCUT2D eigenvalue weighted by Crippen LogP contribution is 2.63. The Morgan fingerprint density at radius 1 is 0.703 bits per heavy atom. The normalized spacial score (nSPS) is 21.5. The number of rotatable bonds is 16. The van der Waals surface area contributed by atoms with Crippen LogP contribution in [0.4, 0.5) is 13.2 Å². The standard InChI is InChI=1S/C58H67Cl2F3N4O7/c1-37(74-45-18-20-47(49(60)34-45)51(69)65(4)5)32-43-36-55(43)25-27-66(28-26-55)52(70)56(21-7-22-56)40-13-9-38(10-14-40)39-11-15-41(16-12-39)57(72,58(61,62)63)53(71)67-29-23-54(24-30-67)35-42(54)8-6-31-73-44-17-19-46(48(59)33-44)50(68)64(2)3/h9-20,33-34,37,42-43,72H,6-8,21-32,35-36H2,1-5H3/t37-,42-,43?,57-/m0/s1. The predicted molar refractivity (Wildman–Crippen MR) is 278 cm³/mol. The summed E-state index contributed by atoms with van der Waals surface area (Å²) in [5, 5.41) is 12.1. The Balaban J connectivity index is 0.752. The van der Waals surface area contributed by atoms with Gasteiger partial charge in [-0.1, -0.05) is 78.2 Å². The second kappa shape index (κ2) is 20.7. The lowest BCUT2D eigenvalue weighted by Gasteiger charge is -2.46. The van der Waals surface area contributed by atoms with E-state index in [4.69, 9.17) is 32.7 Å². The van der Waals surface area contributed by atoms with Gasteiger partial charge in [-0.15, -0.1) is 0 Å². The molecule has 396 valence electrons. The second-order valence-corrected chi connectivity index (χ2v) is 23.1. The number of carbonyl (C=O) groups is 4. The molecule has 0 bridgehead atoms. The molecule has 4 amide bonds. The SMILES string of the molecule is C[C@@H](CC1CC12CCN(C(=O)C1(c3ccc(-c4ccc([C@](O)(C(=O)N5CCC6(CC5)C[C@@H]6CCCOc5ccc(C(=O)N(C)C)c(Cl)c5)C(F)(F)F)cc4)cc3)CCC1)CC2)Oc1ccc(C(=O)N(C)C)c(Cl)c1. The Hall–Kier alpha value is -5.31. The van der Waals surface area contributed by atoms with Gasteiger partial charge in [0.05, 0.1) is 39.3 Å². The molecule has 0 aromatic heterocycles. The second-order valence-electron chi connectivity index (χ2n) is 22.2. The summed E-state index contributed by atoms with van der Waals surface area (Å²) >= 11 is 12.7. The van der Waals surface area contributed by atoms with Crippen molar-refractivity contribution in [3.63, 3.8) is 0 Å². The van der Waals surface area contributed by atoms with Crippen LogP contribution in [0.1, 0.15) is 116 Å². The van der Waals surface area contributed by atoms with E-state index in [2.05, 4.69) is 6.92 Å². The summed E-state index contributed by atoms with van der Waals surface area (Å²) < 4.78 is 56.8. The fourth-order valence-corrected chi connectivity index (χ4v) is 12.8. The number of halogens is 5. The molecule has 11 nitrogen and oxygen atoms in total. The molecule has 1 unspecified atom stereocenters. The van der Waals surface area contributed by atoms with E-state index in [1.165, 1.54) is 34.1 Å². The van der Waals surface area contributed by atoms with Gasteiger partial charge in [0.2, 0.25) is 5.91 Å². The molecule has 4 atom stereocenters. The van der Waals surface area contributed by atoms with Crippen LogP contribution in [0.15, 0.2) is 84.9 Å². The topological polar surface area (TPSA) is 120 Å². The lowest BCUT2D eigenvalue weighted by molar-refractivity contribution is -0.262. The van der Waals surface area contributed by atoms with E-state index in [1.54, 1.807) is 64.6 Å². The van der Waals surface area contributed by atoms with Crippen LogP contribution < -0.4 is 9.47 Å². The van der Waals surface area contributed by atoms with Crippen LogP contribution in [0.2, 0.25) is 10.0 Å². The van der Waals surface area contributed by atoms with Gasteiger partial charge in [0.25, 0.3) is 23.3 Å². The Morgan fingerprint density at radius 3 is 1.72 bits per heavy atom. The summed E-state index contributed by atoms with van der Waals surface area (Å²) in [5.74, 6) is 0.504. The lowest BCUT2D eigenvalue weighted by atomic mass is 9.63. The van der Waals surface area contributed by atoms with Crippen LogP contribution >= 0.6 is 23.2 Å². The molecule has 2 heterocycles. The zero-order chi connectivity index (χ0) is 53.0. The number of carbonyl (C=O) groups excluding carboxylic acids is 4. The zero-order valence-corrected chi connectivity index (χ0v) is 44.4. The van der Waals surface area contributed by atoms with Crippen LogP contribution in [0.25, 0.3) is 11.1 Å². The average Bonchev–Trinajstić information content (AvgIpc) is 4.24. The fraction of sp³-hybridized carbons (Fsp3) is 0.517. The maximum atomic E-state index is 14.9. The molecule has 16 heteroatoms. The van der Waals surface area contributed by atoms with Gasteiger partial charge in [-0.25, -0.2) is 0 Å². The summed E-state index contributed by atoms with van der Waals surface area (Å²) in [6.45, 7) is 4.16. The lowest BCUT2D eigenvalue weighted by Crippen LogP contribution is -2.57. The van der Waals surface area contributed by atoms with Gasteiger partial charge in [0.15, 0.2) is 0 Å². The molecule has 4 aromatic carbocycles. The molecule has 2 spiro atoms. The Bertz CT molecular complexity index is 2750. The van der Waals surface area contributed by atoms with Crippen LogP contribution in [0.5, 0.6) is 11.5 Å². The van der Waals surface area contributed by atoms with Crippen molar-refractivity contribution in [3.05, 3.63) is 117 Å². The first-order valence-electron chi connectivity index (χ1n) is 26.0. The van der Waals surface area contributed by atoms with Gasteiger partial charge >= 0.3 is 6.18 Å². The minimum absolute atomic E-state index is 0.0369. The van der Waals surface area contributed by atoms with Crippen LogP contribution in [0.3, 0.4) is 0 Å². The molecule has 5 aliphatic rings. The van der Waals surface area contributed by atoms with Gasteiger partial charge < -0.3 is 34.2 Å². The molecule has 3 saturated carbocycles. The molecule has 2 aliphatic heterocycles. The van der Waals surface area contributed by atoms with E-state index in [0.717, 1.165) is 80.2 Å². The maximum absolute atomic E-state index is 14.9. The highest BCUT2D eigenvalue weighted by atomic mass is 35.5. The van der Waals surface area contributed by atoms with E-state index in [9.17, 15) is 37.5 Å². The monoisotopic (exact) mass is 1060 g/mol. The molecule has 5 fully saturated rings. The van der Waals surface area contributed by atoms with E-state index >= 15 is 0 Å². The highest BCUT2D eigenvalue weighted by molar-refractivity contribution is 6.34. The van der Waals surface area contributed by atoms with Crippen molar-refractivity contribution < 1.29 is 46.9 Å². The number of alkyl halides is 3. The van der Waals surface area contributed by atoms with Crippen molar-refractivity contribution in [1.82, 2.24) is 19.6 Å². The first-order valence-corrected chi connectivity index (χ1v) is 26.8. The summed E-state index contributed by atoms with van der Waals surface area (Å²) in [5.41, 5.74) is -1.57. The highest BCUT2D eigenvalue weighted by Gasteiger charge is 2.63. The van der Waals surface area contributed by atoms with Crippen molar-refractivity contribution in [3.8, 4) is 22.6 Å². The number of amides is 4. The molecule has 0 radical (unpaired) electrons. The predicted octanol–water partition coefficient (Wildman–Crippen LogP) is 11.2. The minimum Gasteiger partial charge on any atom is -0.494 e. The molecular weight excluding hydrogens is 993 g/mol. The van der Waals surface area contributed by atoms with E-state index in [0.29, 0.717) is 82.6 Å². The van der Waals surface area contributed by atoms with Crippen molar-refractivity contribution >= 4 is 46.8 Å². The number of piperidine rings is 2. The number of ether oxygens (including phenoxy) is 2. The molecule has 3 aliphatic carbocycles. The van der Waals surface area contributed by atoms with Gasteiger partial charge in [-0.05, 0) is 153 Å². The van der Waals surface area contributed by atoms with Gasteiger partial charge in [-0.3, -0.25) is 19.2 Å². The first kappa shape index (κ1) is 53.5. The number of benzene rings is 4. The number of nitrogens with zero attached hydrogens (tertiary/aromatic N) is 4. The maximum Gasteiger partial charge on any atom is 0.430 e. The van der Waals surface area contributed by atoms with Crippen LogP contribution in [0, 0.1) is 22.7 Å². The number of hydrogen-bond donors (Lipinski definition) is 1. The van der Waals surface area contributed by atoms with Gasteiger partial charge in [0, 0.05) is 59.9 Å². The summed E-state index contributed by atoms with van der Waals surface area (Å²) in [6.07, 6.45) is 4.72. The number of aliphatic hydroxyl groups is 1. The molecule has 1 N–H and O–H groups in total. The fourth-order valence-electron chi connectivity index (χ4n) is 12.3. The third-order valence-electron chi connectivity index (χ3n) is 17.3. The van der Waals surface area contributed by atoms with Crippen LogP contribution in [-0.2, 0) is 20.6 Å². The average molecular weight is 1060 g/mol. The number of hydrogen-bond acceptors (Lipinski definition) is 7. The minimum atomic E-state index is -5.26. The zero-order valence-electron chi connectivity index (χ0n) is 42.9. The molecule has 2 saturated heterocycles. The quantitative estimate of drug-likeness (QED) is 0.111. The third-order valence-corrected chi connectivity index (χ3v) is 17.9. The van der Waals surface area contributed by atoms with Crippen molar-refractivity contribution in [1.29, 1.82) is 0 Å². The van der Waals surface area contributed by atoms with Gasteiger partial charge in [-0.2, -0.15) is 13.2 Å². The Morgan fingerprint density at radius 2 is 1.20 bits per heavy atom. The smallest absolute Gasteiger partial charge is 0.430 e. The van der Waals surface area contributed by atoms with Crippen LogP contribution in [-0.4, -0.2) is 122 Å². The van der Waals surface area contributed by atoms with Crippen molar-refractivity contribution in [2.75, 3.05) is 61.0 Å². The molecule has 4 aromatic rings. The van der Waals surface area contributed by atoms with E-state index < -0.39 is 28.7 Å². The van der Waals surface area contributed by atoms with Crippen molar-refractivity contribution in [2.24, 2.45) is 22.7 Å². The largest absolute Gasteiger partial charge is 0.494 e. The molecular formula is C58H67Cl2F3N4O7. The Labute approximate surface area is 442 Å². The summed E-state index contributed by atoms with van der Waals surface area (Å²) in [7, 11) is 6.68. The third kappa shape index (κ3) is 10.4.